The van der Waals surface area contributed by atoms with Gasteiger partial charge in [0.1, 0.15) is 23.3 Å². The summed E-state index contributed by atoms with van der Waals surface area (Å²) in [6, 6.07) is 10.1. The van der Waals surface area contributed by atoms with Gasteiger partial charge in [0, 0.05) is 0 Å². The normalized spacial score (nSPS) is 11.1. The Kier molecular flexibility index (Phi) is 6.09. The van der Waals surface area contributed by atoms with E-state index in [1.54, 1.807) is 36.4 Å². The van der Waals surface area contributed by atoms with E-state index in [9.17, 15) is 9.59 Å². The van der Waals surface area contributed by atoms with Crippen molar-refractivity contribution in [1.82, 2.24) is 0 Å². The van der Waals surface area contributed by atoms with Gasteiger partial charge in [0.2, 0.25) is 0 Å². The monoisotopic (exact) mass is 296 g/mol. The van der Waals surface area contributed by atoms with Crippen molar-refractivity contribution in [3.8, 4) is 12.1 Å². The minimum Gasteiger partial charge on any atom is -0.465 e. The molecule has 1 rings (SSSR count). The van der Waals surface area contributed by atoms with E-state index in [4.69, 9.17) is 10.5 Å². The molecule has 0 aliphatic carbocycles. The van der Waals surface area contributed by atoms with Gasteiger partial charge in [-0.15, -0.1) is 0 Å². The van der Waals surface area contributed by atoms with Crippen LogP contribution in [-0.4, -0.2) is 26.2 Å². The molecule has 1 aromatic rings. The summed E-state index contributed by atoms with van der Waals surface area (Å²) in [5.41, 5.74) is 0.796. The first kappa shape index (κ1) is 16.7. The molecule has 0 saturated carbocycles. The Labute approximate surface area is 127 Å². The fourth-order valence-corrected chi connectivity index (χ4v) is 1.57. The second-order valence-corrected chi connectivity index (χ2v) is 3.99. The van der Waals surface area contributed by atoms with Crippen molar-refractivity contribution in [3.05, 3.63) is 46.5 Å². The fraction of sp³-hybridized carbons (Fsp3) is 0.125. The maximum atomic E-state index is 11.4. The van der Waals surface area contributed by atoms with E-state index in [1.165, 1.54) is 26.4 Å². The molecule has 0 amide bonds. The van der Waals surface area contributed by atoms with Crippen LogP contribution < -0.4 is 0 Å². The molecule has 0 fully saturated rings. The number of rotatable bonds is 4. The van der Waals surface area contributed by atoms with Crippen LogP contribution in [0.3, 0.4) is 0 Å². The molecular weight excluding hydrogens is 284 g/mol. The summed E-state index contributed by atoms with van der Waals surface area (Å²) in [4.78, 5) is 22.7. The molecule has 0 aromatic heterocycles. The van der Waals surface area contributed by atoms with Crippen molar-refractivity contribution in [2.24, 2.45) is 0 Å². The zero-order valence-electron chi connectivity index (χ0n) is 12.0. The highest BCUT2D eigenvalue weighted by Gasteiger charge is 2.10. The van der Waals surface area contributed by atoms with Crippen LogP contribution in [0.1, 0.15) is 11.1 Å². The summed E-state index contributed by atoms with van der Waals surface area (Å²) in [6.45, 7) is 0. The lowest BCUT2D eigenvalue weighted by Gasteiger charge is -2.00. The molecule has 1 aromatic carbocycles. The highest BCUT2D eigenvalue weighted by molar-refractivity contribution is 5.99. The van der Waals surface area contributed by atoms with E-state index in [-0.39, 0.29) is 11.1 Å². The molecule has 0 unspecified atom stereocenters. The van der Waals surface area contributed by atoms with Gasteiger partial charge in [-0.25, -0.2) is 9.59 Å². The van der Waals surface area contributed by atoms with Crippen molar-refractivity contribution in [3.63, 3.8) is 0 Å². The number of methoxy groups -OCH3 is 2. The van der Waals surface area contributed by atoms with Crippen LogP contribution in [-0.2, 0) is 19.1 Å². The first-order chi connectivity index (χ1) is 10.5. The molecule has 0 heterocycles. The molecule has 6 nitrogen and oxygen atoms in total. The molecule has 6 heteroatoms. The number of carbonyl (C=O) groups excluding carboxylic acids is 2. The second kappa shape index (κ2) is 8.03. The Morgan fingerprint density at radius 2 is 1.36 bits per heavy atom. The van der Waals surface area contributed by atoms with Gasteiger partial charge < -0.3 is 9.47 Å². The molecule has 0 saturated heterocycles. The third-order valence-corrected chi connectivity index (χ3v) is 2.58. The van der Waals surface area contributed by atoms with Gasteiger partial charge in [0.25, 0.3) is 0 Å². The van der Waals surface area contributed by atoms with Crippen LogP contribution in [0.15, 0.2) is 35.4 Å². The minimum absolute atomic E-state index is 0.155. The molecule has 0 radical (unpaired) electrons. The lowest BCUT2D eigenvalue weighted by atomic mass is 10.1. The first-order valence-electron chi connectivity index (χ1n) is 6.06. The number of nitrogens with zero attached hydrogens (tertiary/aromatic N) is 2. The Bertz CT molecular complexity index is 674. The third kappa shape index (κ3) is 4.32. The summed E-state index contributed by atoms with van der Waals surface area (Å²) in [7, 11) is 2.37. The number of carbonyl (C=O) groups is 2. The number of nitriles is 2. The van der Waals surface area contributed by atoms with E-state index in [0.717, 1.165) is 0 Å². The third-order valence-electron chi connectivity index (χ3n) is 2.58. The minimum atomic E-state index is -0.740. The van der Waals surface area contributed by atoms with E-state index < -0.39 is 11.9 Å². The van der Waals surface area contributed by atoms with Crippen molar-refractivity contribution in [2.45, 2.75) is 0 Å². The molecule has 0 atom stereocenters. The number of esters is 2. The fourth-order valence-electron chi connectivity index (χ4n) is 1.57. The topological polar surface area (TPSA) is 100 Å². The summed E-state index contributed by atoms with van der Waals surface area (Å²) >= 11 is 0. The van der Waals surface area contributed by atoms with Crippen LogP contribution in [0, 0.1) is 22.7 Å². The molecule has 0 aliphatic rings. The number of hydrogen-bond donors (Lipinski definition) is 0. The zero-order valence-corrected chi connectivity index (χ0v) is 12.0. The Balaban J connectivity index is 3.21. The first-order valence-corrected chi connectivity index (χ1v) is 6.06. The van der Waals surface area contributed by atoms with Gasteiger partial charge in [0.05, 0.1) is 14.2 Å². The zero-order chi connectivity index (χ0) is 16.5. The van der Waals surface area contributed by atoms with Crippen molar-refractivity contribution < 1.29 is 19.1 Å². The molecular formula is C16H12N2O4. The largest absolute Gasteiger partial charge is 0.465 e. The van der Waals surface area contributed by atoms with Gasteiger partial charge in [-0.2, -0.15) is 10.5 Å². The van der Waals surface area contributed by atoms with E-state index in [0.29, 0.717) is 11.1 Å². The molecule has 0 N–H and O–H groups in total. The summed E-state index contributed by atoms with van der Waals surface area (Å²) in [5.74, 6) is -1.48. The van der Waals surface area contributed by atoms with Gasteiger partial charge in [-0.1, -0.05) is 18.2 Å². The van der Waals surface area contributed by atoms with Gasteiger partial charge in [-0.05, 0) is 29.3 Å². The number of hydrogen-bond acceptors (Lipinski definition) is 6. The van der Waals surface area contributed by atoms with Crippen LogP contribution in [0.2, 0.25) is 0 Å². The smallest absolute Gasteiger partial charge is 0.348 e. The van der Waals surface area contributed by atoms with Crippen molar-refractivity contribution in [2.75, 3.05) is 14.2 Å². The Hall–Kier alpha value is -3.38. The van der Waals surface area contributed by atoms with E-state index in [2.05, 4.69) is 9.47 Å². The standard InChI is InChI=1S/C16H12N2O4/c1-21-15(19)13(9-17)7-11-4-3-5-12(6-11)8-14(10-18)16(20)22-2/h3-8H,1-2H3/b13-7-,14-8+. The van der Waals surface area contributed by atoms with Gasteiger partial charge in [0.15, 0.2) is 0 Å². The molecule has 0 aliphatic heterocycles. The average Bonchev–Trinajstić information content (AvgIpc) is 2.56. The van der Waals surface area contributed by atoms with Gasteiger partial charge >= 0.3 is 11.9 Å². The average molecular weight is 296 g/mol. The summed E-state index contributed by atoms with van der Waals surface area (Å²) in [5, 5.41) is 17.8. The lowest BCUT2D eigenvalue weighted by molar-refractivity contribution is -0.136. The highest BCUT2D eigenvalue weighted by atomic mass is 16.5. The maximum absolute atomic E-state index is 11.4. The molecule has 110 valence electrons. The van der Waals surface area contributed by atoms with Crippen LogP contribution in [0.25, 0.3) is 12.2 Å². The summed E-state index contributed by atoms with van der Waals surface area (Å²) < 4.78 is 8.98. The predicted octanol–water partition coefficient (Wildman–Crippen LogP) is 1.85. The number of benzene rings is 1. The number of ether oxygens (including phenoxy) is 2. The van der Waals surface area contributed by atoms with Gasteiger partial charge in [-0.3, -0.25) is 0 Å². The highest BCUT2D eigenvalue weighted by Crippen LogP contribution is 2.14. The van der Waals surface area contributed by atoms with E-state index in [1.807, 2.05) is 0 Å². The second-order valence-electron chi connectivity index (χ2n) is 3.99. The predicted molar refractivity (Wildman–Crippen MR) is 77.7 cm³/mol. The Morgan fingerprint density at radius 1 is 0.955 bits per heavy atom. The SMILES string of the molecule is COC(=O)/C(C#N)=C\c1cccc(/C=C(\C#N)C(=O)OC)c1. The quantitative estimate of drug-likeness (QED) is 0.477. The van der Waals surface area contributed by atoms with Crippen molar-refractivity contribution in [1.29, 1.82) is 10.5 Å². The molecule has 22 heavy (non-hydrogen) atoms. The Morgan fingerprint density at radius 3 is 1.68 bits per heavy atom. The van der Waals surface area contributed by atoms with Crippen molar-refractivity contribution >= 4 is 24.1 Å². The summed E-state index contributed by atoms with van der Waals surface area (Å²) in [6.07, 6.45) is 2.71. The molecule has 0 bridgehead atoms. The molecule has 0 spiro atoms. The lowest BCUT2D eigenvalue weighted by Crippen LogP contribution is -2.03. The maximum Gasteiger partial charge on any atom is 0.348 e. The van der Waals surface area contributed by atoms with Crippen LogP contribution in [0.5, 0.6) is 0 Å². The van der Waals surface area contributed by atoms with Crippen LogP contribution in [0.4, 0.5) is 0 Å². The van der Waals surface area contributed by atoms with E-state index >= 15 is 0 Å². The van der Waals surface area contributed by atoms with Crippen LogP contribution >= 0.6 is 0 Å².